The molecule has 0 saturated heterocycles. The van der Waals surface area contributed by atoms with Crippen molar-refractivity contribution in [1.82, 2.24) is 10.6 Å². The van der Waals surface area contributed by atoms with Crippen LogP contribution >= 0.6 is 0 Å². The Hall–Kier alpha value is -2.40. The van der Waals surface area contributed by atoms with E-state index in [-0.39, 0.29) is 23.9 Å². The van der Waals surface area contributed by atoms with E-state index in [9.17, 15) is 14.3 Å². The smallest absolute Gasteiger partial charge is 0.315 e. The maximum absolute atomic E-state index is 13.7. The second kappa shape index (κ2) is 7.01. The van der Waals surface area contributed by atoms with Gasteiger partial charge in [0.15, 0.2) is 0 Å². The van der Waals surface area contributed by atoms with Crippen molar-refractivity contribution >= 4 is 6.03 Å². The molecule has 0 aromatic heterocycles. The van der Waals surface area contributed by atoms with Crippen molar-refractivity contribution in [2.75, 3.05) is 0 Å². The summed E-state index contributed by atoms with van der Waals surface area (Å²) in [7, 11) is 0. The number of carbonyl (C=O) groups is 1. The SMILES string of the molecule is CC(Cc1ccccc1F)NC(=O)N[C@@H]1Cc2ccccc2[C@H]1O. The number of halogens is 1. The maximum atomic E-state index is 13.7. The van der Waals surface area contributed by atoms with Crippen LogP contribution in [-0.4, -0.2) is 23.2 Å². The molecule has 5 heteroatoms. The number of amides is 2. The molecule has 3 atom stereocenters. The number of nitrogens with one attached hydrogen (secondary N) is 2. The first kappa shape index (κ1) is 16.5. The second-order valence-corrected chi connectivity index (χ2v) is 6.27. The first-order valence-electron chi connectivity index (χ1n) is 8.11. The third kappa shape index (κ3) is 3.57. The highest BCUT2D eigenvalue weighted by Crippen LogP contribution is 2.30. The molecule has 1 aliphatic carbocycles. The Labute approximate surface area is 140 Å². The summed E-state index contributed by atoms with van der Waals surface area (Å²) in [5.41, 5.74) is 2.48. The fourth-order valence-corrected chi connectivity index (χ4v) is 3.18. The van der Waals surface area contributed by atoms with Crippen LogP contribution in [0.2, 0.25) is 0 Å². The highest BCUT2D eigenvalue weighted by atomic mass is 19.1. The number of carbonyl (C=O) groups excluding carboxylic acids is 1. The Kier molecular flexibility index (Phi) is 4.81. The minimum Gasteiger partial charge on any atom is -0.386 e. The predicted molar refractivity (Wildman–Crippen MR) is 90.1 cm³/mol. The summed E-state index contributed by atoms with van der Waals surface area (Å²) < 4.78 is 13.7. The van der Waals surface area contributed by atoms with E-state index in [0.29, 0.717) is 18.4 Å². The van der Waals surface area contributed by atoms with E-state index in [0.717, 1.165) is 11.1 Å². The summed E-state index contributed by atoms with van der Waals surface area (Å²) >= 11 is 0. The normalized spacial score (nSPS) is 20.3. The second-order valence-electron chi connectivity index (χ2n) is 6.27. The van der Waals surface area contributed by atoms with E-state index >= 15 is 0 Å². The zero-order valence-corrected chi connectivity index (χ0v) is 13.5. The van der Waals surface area contributed by atoms with Gasteiger partial charge in [-0.05, 0) is 42.5 Å². The van der Waals surface area contributed by atoms with E-state index in [1.165, 1.54) is 6.07 Å². The Morgan fingerprint density at radius 2 is 1.96 bits per heavy atom. The molecule has 0 fully saturated rings. The monoisotopic (exact) mass is 328 g/mol. The van der Waals surface area contributed by atoms with Gasteiger partial charge in [0.05, 0.1) is 12.1 Å². The Morgan fingerprint density at radius 1 is 1.25 bits per heavy atom. The topological polar surface area (TPSA) is 61.4 Å². The van der Waals surface area contributed by atoms with Crippen LogP contribution in [0.1, 0.15) is 29.7 Å². The molecule has 2 aromatic rings. The lowest BCUT2D eigenvalue weighted by Crippen LogP contribution is -2.47. The Morgan fingerprint density at radius 3 is 2.71 bits per heavy atom. The molecule has 0 aliphatic heterocycles. The number of aliphatic hydroxyl groups is 1. The highest BCUT2D eigenvalue weighted by Gasteiger charge is 2.31. The average Bonchev–Trinajstić information content (AvgIpc) is 2.86. The number of hydrogen-bond donors (Lipinski definition) is 3. The molecule has 2 aromatic carbocycles. The number of fused-ring (bicyclic) bond motifs is 1. The van der Waals surface area contributed by atoms with Crippen LogP contribution in [0, 0.1) is 5.82 Å². The van der Waals surface area contributed by atoms with Crippen molar-refractivity contribution in [3.63, 3.8) is 0 Å². The Bertz CT molecular complexity index is 735. The molecule has 0 radical (unpaired) electrons. The average molecular weight is 328 g/mol. The molecule has 126 valence electrons. The third-order valence-corrected chi connectivity index (χ3v) is 4.37. The molecule has 0 heterocycles. The highest BCUT2D eigenvalue weighted by molar-refractivity contribution is 5.75. The van der Waals surface area contributed by atoms with Gasteiger partial charge in [0.2, 0.25) is 0 Å². The van der Waals surface area contributed by atoms with Gasteiger partial charge in [0.1, 0.15) is 5.82 Å². The summed E-state index contributed by atoms with van der Waals surface area (Å²) in [4.78, 5) is 12.2. The summed E-state index contributed by atoms with van der Waals surface area (Å²) in [6, 6.07) is 13.3. The van der Waals surface area contributed by atoms with Gasteiger partial charge in [-0.15, -0.1) is 0 Å². The van der Waals surface area contributed by atoms with Crippen molar-refractivity contribution in [3.05, 3.63) is 71.0 Å². The molecule has 0 bridgehead atoms. The van der Waals surface area contributed by atoms with Gasteiger partial charge >= 0.3 is 6.03 Å². The third-order valence-electron chi connectivity index (χ3n) is 4.37. The van der Waals surface area contributed by atoms with Crippen molar-refractivity contribution in [2.45, 2.75) is 38.0 Å². The predicted octanol–water partition coefficient (Wildman–Crippen LogP) is 2.71. The van der Waals surface area contributed by atoms with E-state index in [1.54, 1.807) is 18.2 Å². The molecule has 1 unspecified atom stereocenters. The van der Waals surface area contributed by atoms with E-state index in [2.05, 4.69) is 10.6 Å². The lowest BCUT2D eigenvalue weighted by atomic mass is 10.1. The maximum Gasteiger partial charge on any atom is 0.315 e. The fourth-order valence-electron chi connectivity index (χ4n) is 3.18. The molecular formula is C19H21FN2O2. The zero-order chi connectivity index (χ0) is 17.1. The van der Waals surface area contributed by atoms with Crippen molar-refractivity contribution < 1.29 is 14.3 Å². The largest absolute Gasteiger partial charge is 0.386 e. The standard InChI is InChI=1S/C19H21FN2O2/c1-12(10-14-7-3-5-9-16(14)20)21-19(24)22-17-11-13-6-2-4-8-15(13)18(17)23/h2-9,12,17-18,23H,10-11H2,1H3,(H2,21,22,24)/t12?,17-,18-/m1/s1. The molecule has 24 heavy (non-hydrogen) atoms. The molecular weight excluding hydrogens is 307 g/mol. The molecule has 1 aliphatic rings. The van der Waals surface area contributed by atoms with Crippen LogP contribution in [0.5, 0.6) is 0 Å². The van der Waals surface area contributed by atoms with E-state index < -0.39 is 6.10 Å². The first-order chi connectivity index (χ1) is 11.5. The molecule has 0 saturated carbocycles. The molecule has 3 rings (SSSR count). The minimum absolute atomic E-state index is 0.220. The van der Waals surface area contributed by atoms with Crippen LogP contribution in [0.4, 0.5) is 9.18 Å². The number of benzene rings is 2. The molecule has 2 amide bonds. The van der Waals surface area contributed by atoms with Crippen LogP contribution in [0.15, 0.2) is 48.5 Å². The lowest BCUT2D eigenvalue weighted by Gasteiger charge is -2.20. The number of aliphatic hydroxyl groups excluding tert-OH is 1. The van der Waals surface area contributed by atoms with Crippen molar-refractivity contribution in [3.8, 4) is 0 Å². The molecule has 3 N–H and O–H groups in total. The van der Waals surface area contributed by atoms with Gasteiger partial charge in [-0.3, -0.25) is 0 Å². The van der Waals surface area contributed by atoms with Gasteiger partial charge < -0.3 is 15.7 Å². The van der Waals surface area contributed by atoms with E-state index in [4.69, 9.17) is 0 Å². The summed E-state index contributed by atoms with van der Waals surface area (Å²) in [6.45, 7) is 1.83. The fraction of sp³-hybridized carbons (Fsp3) is 0.316. The molecule has 4 nitrogen and oxygen atoms in total. The first-order valence-corrected chi connectivity index (χ1v) is 8.11. The van der Waals surface area contributed by atoms with Gasteiger partial charge in [-0.1, -0.05) is 42.5 Å². The zero-order valence-electron chi connectivity index (χ0n) is 13.5. The Balaban J connectivity index is 1.54. The van der Waals surface area contributed by atoms with Gasteiger partial charge in [-0.25, -0.2) is 9.18 Å². The summed E-state index contributed by atoms with van der Waals surface area (Å²) in [6.07, 6.45) is 0.314. The van der Waals surface area contributed by atoms with Gasteiger partial charge in [0, 0.05) is 6.04 Å². The van der Waals surface area contributed by atoms with Crippen molar-refractivity contribution in [1.29, 1.82) is 0 Å². The number of hydrogen-bond acceptors (Lipinski definition) is 2. The quantitative estimate of drug-likeness (QED) is 0.808. The van der Waals surface area contributed by atoms with E-state index in [1.807, 2.05) is 31.2 Å². The van der Waals surface area contributed by atoms with Crippen LogP contribution < -0.4 is 10.6 Å². The summed E-state index contributed by atoms with van der Waals surface area (Å²) in [5, 5.41) is 15.9. The van der Waals surface area contributed by atoms with Crippen molar-refractivity contribution in [2.24, 2.45) is 0 Å². The van der Waals surface area contributed by atoms with Crippen LogP contribution in [-0.2, 0) is 12.8 Å². The van der Waals surface area contributed by atoms with Crippen LogP contribution in [0.25, 0.3) is 0 Å². The van der Waals surface area contributed by atoms with Gasteiger partial charge in [0.25, 0.3) is 0 Å². The lowest BCUT2D eigenvalue weighted by molar-refractivity contribution is 0.142. The van der Waals surface area contributed by atoms with Crippen LogP contribution in [0.3, 0.4) is 0 Å². The minimum atomic E-state index is -0.700. The van der Waals surface area contributed by atoms with Gasteiger partial charge in [-0.2, -0.15) is 0 Å². The molecule has 0 spiro atoms. The number of rotatable bonds is 4. The summed E-state index contributed by atoms with van der Waals surface area (Å²) in [5.74, 6) is -0.270. The number of urea groups is 1.